The van der Waals surface area contributed by atoms with Crippen molar-refractivity contribution in [3.05, 3.63) is 35.4 Å². The fourth-order valence-corrected chi connectivity index (χ4v) is 2.57. The van der Waals surface area contributed by atoms with Crippen molar-refractivity contribution >= 4 is 29.9 Å². The second kappa shape index (κ2) is 8.58. The van der Waals surface area contributed by atoms with Crippen LogP contribution in [0.2, 0.25) is 0 Å². The molecule has 3 atom stereocenters. The van der Waals surface area contributed by atoms with Gasteiger partial charge in [-0.1, -0.05) is 24.3 Å². The van der Waals surface area contributed by atoms with Crippen LogP contribution in [0.25, 0.3) is 0 Å². The van der Waals surface area contributed by atoms with Crippen molar-refractivity contribution in [3.63, 3.8) is 0 Å². The van der Waals surface area contributed by atoms with Crippen LogP contribution >= 0.6 is 24.0 Å². The molecule has 118 valence electrons. The van der Waals surface area contributed by atoms with Gasteiger partial charge in [-0.15, -0.1) is 24.0 Å². The molecule has 1 saturated carbocycles. The van der Waals surface area contributed by atoms with Crippen LogP contribution in [-0.4, -0.2) is 38.8 Å². The smallest absolute Gasteiger partial charge is 0.191 e. The van der Waals surface area contributed by atoms with Gasteiger partial charge in [-0.25, -0.2) is 0 Å². The molecule has 5 heteroatoms. The molecule has 3 unspecified atom stereocenters. The van der Waals surface area contributed by atoms with Crippen molar-refractivity contribution in [1.82, 2.24) is 10.6 Å². The largest absolute Gasteiger partial charge is 0.383 e. The second-order valence-electron chi connectivity index (χ2n) is 5.52. The maximum absolute atomic E-state index is 5.13. The zero-order valence-corrected chi connectivity index (χ0v) is 15.5. The highest BCUT2D eigenvalue weighted by atomic mass is 127. The van der Waals surface area contributed by atoms with Crippen LogP contribution in [0.5, 0.6) is 0 Å². The molecule has 0 saturated heterocycles. The maximum atomic E-state index is 5.13. The number of hydrogen-bond acceptors (Lipinski definition) is 2. The van der Waals surface area contributed by atoms with E-state index in [0.717, 1.165) is 5.96 Å². The molecule has 1 aliphatic carbocycles. The van der Waals surface area contributed by atoms with Crippen molar-refractivity contribution < 1.29 is 4.74 Å². The van der Waals surface area contributed by atoms with Gasteiger partial charge in [0.05, 0.1) is 6.61 Å². The van der Waals surface area contributed by atoms with Crippen LogP contribution in [-0.2, 0) is 4.74 Å². The molecule has 0 spiro atoms. The number of ether oxygens (including phenoxy) is 1. The number of benzene rings is 1. The van der Waals surface area contributed by atoms with Crippen LogP contribution < -0.4 is 10.6 Å². The monoisotopic (exact) mass is 403 g/mol. The van der Waals surface area contributed by atoms with E-state index in [2.05, 4.69) is 53.7 Å². The molecule has 1 aromatic rings. The van der Waals surface area contributed by atoms with Crippen LogP contribution in [0.3, 0.4) is 0 Å². The van der Waals surface area contributed by atoms with Gasteiger partial charge in [0.15, 0.2) is 5.96 Å². The molecule has 4 nitrogen and oxygen atoms in total. The van der Waals surface area contributed by atoms with E-state index in [1.807, 2.05) is 0 Å². The van der Waals surface area contributed by atoms with Gasteiger partial charge in [-0.2, -0.15) is 0 Å². The number of rotatable bonds is 5. The van der Waals surface area contributed by atoms with E-state index in [1.54, 1.807) is 14.2 Å². The van der Waals surface area contributed by atoms with Gasteiger partial charge < -0.3 is 15.4 Å². The Kier molecular flexibility index (Phi) is 7.45. The third-order valence-electron chi connectivity index (χ3n) is 3.72. The van der Waals surface area contributed by atoms with Crippen molar-refractivity contribution in [2.24, 2.45) is 4.99 Å². The van der Waals surface area contributed by atoms with Crippen molar-refractivity contribution in [1.29, 1.82) is 0 Å². The van der Waals surface area contributed by atoms with Gasteiger partial charge in [0, 0.05) is 32.2 Å². The molecule has 21 heavy (non-hydrogen) atoms. The lowest BCUT2D eigenvalue weighted by Gasteiger charge is -2.17. The molecule has 2 N–H and O–H groups in total. The van der Waals surface area contributed by atoms with E-state index in [4.69, 9.17) is 4.74 Å². The van der Waals surface area contributed by atoms with E-state index in [-0.39, 0.29) is 30.0 Å². The molecule has 1 aromatic carbocycles. The number of guanidine groups is 1. The average molecular weight is 403 g/mol. The number of halogens is 1. The van der Waals surface area contributed by atoms with Gasteiger partial charge >= 0.3 is 0 Å². The van der Waals surface area contributed by atoms with Crippen LogP contribution in [0.4, 0.5) is 0 Å². The standard InChI is InChI=1S/C16H25N3O.HI/c1-11-7-5-6-8-13(11)14-9-15(14)19-16(17-3)18-12(2)10-20-4;/h5-8,12,14-15H,9-10H2,1-4H3,(H2,17,18,19);1H. The summed E-state index contributed by atoms with van der Waals surface area (Å²) in [5, 5.41) is 6.83. The van der Waals surface area contributed by atoms with Crippen molar-refractivity contribution in [2.75, 3.05) is 20.8 Å². The highest BCUT2D eigenvalue weighted by Crippen LogP contribution is 2.41. The summed E-state index contributed by atoms with van der Waals surface area (Å²) in [6, 6.07) is 9.35. The Balaban J connectivity index is 0.00000220. The number of aryl methyl sites for hydroxylation is 1. The Morgan fingerprint density at radius 3 is 2.76 bits per heavy atom. The minimum absolute atomic E-state index is 0. The Morgan fingerprint density at radius 1 is 1.43 bits per heavy atom. The average Bonchev–Trinajstić information content (AvgIpc) is 3.18. The minimum Gasteiger partial charge on any atom is -0.383 e. The topological polar surface area (TPSA) is 45.7 Å². The number of methoxy groups -OCH3 is 1. The Bertz CT molecular complexity index is 478. The lowest BCUT2D eigenvalue weighted by atomic mass is 10.0. The summed E-state index contributed by atoms with van der Waals surface area (Å²) >= 11 is 0. The molecular formula is C16H26IN3O. The summed E-state index contributed by atoms with van der Waals surface area (Å²) in [6.07, 6.45) is 1.17. The van der Waals surface area contributed by atoms with Gasteiger partial charge in [0.2, 0.25) is 0 Å². The Hall–Kier alpha value is -0.820. The number of nitrogens with one attached hydrogen (secondary N) is 2. The quantitative estimate of drug-likeness (QED) is 0.452. The summed E-state index contributed by atoms with van der Waals surface area (Å²) in [7, 11) is 3.52. The van der Waals surface area contributed by atoms with Crippen molar-refractivity contribution in [2.45, 2.75) is 38.3 Å². The molecular weight excluding hydrogens is 377 g/mol. The summed E-state index contributed by atoms with van der Waals surface area (Å²) in [5.74, 6) is 1.46. The summed E-state index contributed by atoms with van der Waals surface area (Å²) in [4.78, 5) is 4.28. The van der Waals surface area contributed by atoms with Gasteiger partial charge in [-0.05, 0) is 31.4 Å². The molecule has 2 rings (SSSR count). The molecule has 0 aliphatic heterocycles. The first-order valence-corrected chi connectivity index (χ1v) is 7.20. The minimum atomic E-state index is 0. The highest BCUT2D eigenvalue weighted by Gasteiger charge is 2.39. The fraction of sp³-hybridized carbons (Fsp3) is 0.562. The lowest BCUT2D eigenvalue weighted by molar-refractivity contribution is 0.179. The first-order chi connectivity index (χ1) is 9.65. The molecule has 1 aliphatic rings. The summed E-state index contributed by atoms with van der Waals surface area (Å²) in [5.41, 5.74) is 2.82. The Morgan fingerprint density at radius 2 is 2.14 bits per heavy atom. The lowest BCUT2D eigenvalue weighted by Crippen LogP contribution is -2.45. The van der Waals surface area contributed by atoms with E-state index in [1.165, 1.54) is 17.5 Å². The SMILES string of the molecule is CN=C(NC(C)COC)NC1CC1c1ccccc1C.I. The zero-order valence-electron chi connectivity index (χ0n) is 13.2. The number of hydrogen-bond donors (Lipinski definition) is 2. The summed E-state index contributed by atoms with van der Waals surface area (Å²) in [6.45, 7) is 4.94. The first kappa shape index (κ1) is 18.2. The molecule has 0 bridgehead atoms. The normalized spacial score (nSPS) is 22.2. The van der Waals surface area contributed by atoms with E-state index in [9.17, 15) is 0 Å². The van der Waals surface area contributed by atoms with Crippen LogP contribution in [0.15, 0.2) is 29.3 Å². The predicted octanol–water partition coefficient (Wildman–Crippen LogP) is 2.67. The number of aliphatic imine (C=N–C) groups is 1. The second-order valence-corrected chi connectivity index (χ2v) is 5.52. The van der Waals surface area contributed by atoms with Gasteiger partial charge in [0.25, 0.3) is 0 Å². The molecule has 0 amide bonds. The van der Waals surface area contributed by atoms with Gasteiger partial charge in [-0.3, -0.25) is 4.99 Å². The van der Waals surface area contributed by atoms with E-state index < -0.39 is 0 Å². The summed E-state index contributed by atoms with van der Waals surface area (Å²) < 4.78 is 5.13. The third-order valence-corrected chi connectivity index (χ3v) is 3.72. The zero-order chi connectivity index (χ0) is 14.5. The third kappa shape index (κ3) is 5.14. The molecule has 0 radical (unpaired) electrons. The maximum Gasteiger partial charge on any atom is 0.191 e. The van der Waals surface area contributed by atoms with E-state index in [0.29, 0.717) is 18.6 Å². The van der Waals surface area contributed by atoms with Crippen LogP contribution in [0.1, 0.15) is 30.4 Å². The predicted molar refractivity (Wildman–Crippen MR) is 98.7 cm³/mol. The number of nitrogens with zero attached hydrogens (tertiary/aromatic N) is 1. The molecule has 0 heterocycles. The van der Waals surface area contributed by atoms with Crippen molar-refractivity contribution in [3.8, 4) is 0 Å². The van der Waals surface area contributed by atoms with E-state index >= 15 is 0 Å². The highest BCUT2D eigenvalue weighted by molar-refractivity contribution is 14.0. The molecule has 0 aromatic heterocycles. The fourth-order valence-electron chi connectivity index (χ4n) is 2.57. The molecule has 1 fully saturated rings. The van der Waals surface area contributed by atoms with Gasteiger partial charge in [0.1, 0.15) is 0 Å². The van der Waals surface area contributed by atoms with Crippen LogP contribution in [0, 0.1) is 6.92 Å². The first-order valence-electron chi connectivity index (χ1n) is 7.20. The Labute approximate surface area is 144 Å².